The van der Waals surface area contributed by atoms with Gasteiger partial charge in [0.15, 0.2) is 0 Å². The first-order valence-corrected chi connectivity index (χ1v) is 8.39. The van der Waals surface area contributed by atoms with E-state index >= 15 is 0 Å². The van der Waals surface area contributed by atoms with E-state index in [1.165, 1.54) is 20.0 Å². The minimum atomic E-state index is -0.106. The average molecular weight is 307 g/mol. The van der Waals surface area contributed by atoms with Crippen LogP contribution >= 0.6 is 11.8 Å². The minimum absolute atomic E-state index is 0.106. The Labute approximate surface area is 129 Å². The number of methoxy groups -OCH3 is 1. The molecule has 1 aromatic rings. The highest BCUT2D eigenvalue weighted by atomic mass is 32.2. The average Bonchev–Trinajstić information content (AvgIpc) is 3.39. The predicted molar refractivity (Wildman–Crippen MR) is 82.6 cm³/mol. The Morgan fingerprint density at radius 3 is 2.81 bits per heavy atom. The van der Waals surface area contributed by atoms with Crippen LogP contribution in [0.3, 0.4) is 0 Å². The molecule has 0 spiro atoms. The standard InChI is InChI=1S/C15H21N3O2S/c1-16-11-7-12(18-14(17-11)10-3-4-10)21-9-15(5-6-15)8-13(19)20-2/h7,10H,3-6,8-9H2,1-2H3,(H,16,17,18). The van der Waals surface area contributed by atoms with Gasteiger partial charge in [-0.3, -0.25) is 4.79 Å². The summed E-state index contributed by atoms with van der Waals surface area (Å²) in [5.74, 6) is 3.20. The van der Waals surface area contributed by atoms with Crippen LogP contribution in [0.5, 0.6) is 0 Å². The van der Waals surface area contributed by atoms with Gasteiger partial charge in [-0.25, -0.2) is 9.97 Å². The summed E-state index contributed by atoms with van der Waals surface area (Å²) in [5.41, 5.74) is 0.127. The van der Waals surface area contributed by atoms with Crippen LogP contribution in [0.4, 0.5) is 5.82 Å². The lowest BCUT2D eigenvalue weighted by Crippen LogP contribution is -2.13. The molecule has 114 valence electrons. The van der Waals surface area contributed by atoms with Crippen molar-refractivity contribution in [1.82, 2.24) is 9.97 Å². The first-order chi connectivity index (χ1) is 10.1. The van der Waals surface area contributed by atoms with Crippen molar-refractivity contribution in [3.05, 3.63) is 11.9 Å². The lowest BCUT2D eigenvalue weighted by Gasteiger charge is -2.13. The fraction of sp³-hybridized carbons (Fsp3) is 0.667. The molecule has 1 N–H and O–H groups in total. The summed E-state index contributed by atoms with van der Waals surface area (Å²) in [4.78, 5) is 20.7. The minimum Gasteiger partial charge on any atom is -0.469 e. The van der Waals surface area contributed by atoms with Crippen molar-refractivity contribution in [1.29, 1.82) is 0 Å². The fourth-order valence-electron chi connectivity index (χ4n) is 2.32. The normalized spacial score (nSPS) is 19.1. The third-order valence-corrected chi connectivity index (χ3v) is 5.41. The second kappa shape index (κ2) is 5.83. The highest BCUT2D eigenvalue weighted by Gasteiger charge is 2.44. The molecule has 2 aliphatic rings. The summed E-state index contributed by atoms with van der Waals surface area (Å²) < 4.78 is 4.79. The molecule has 1 aromatic heterocycles. The molecule has 0 amide bonds. The van der Waals surface area contributed by atoms with Crippen molar-refractivity contribution >= 4 is 23.5 Å². The summed E-state index contributed by atoms with van der Waals surface area (Å²) in [6, 6.07) is 1.99. The monoisotopic (exact) mass is 307 g/mol. The van der Waals surface area contributed by atoms with Gasteiger partial charge >= 0.3 is 5.97 Å². The quantitative estimate of drug-likeness (QED) is 0.475. The van der Waals surface area contributed by atoms with Crippen molar-refractivity contribution in [3.8, 4) is 0 Å². The lowest BCUT2D eigenvalue weighted by molar-refractivity contribution is -0.141. The van der Waals surface area contributed by atoms with Crippen LogP contribution in [-0.2, 0) is 9.53 Å². The van der Waals surface area contributed by atoms with Gasteiger partial charge < -0.3 is 10.1 Å². The van der Waals surface area contributed by atoms with E-state index in [2.05, 4.69) is 15.3 Å². The molecule has 2 fully saturated rings. The van der Waals surface area contributed by atoms with E-state index < -0.39 is 0 Å². The number of carbonyl (C=O) groups is 1. The van der Waals surface area contributed by atoms with E-state index in [4.69, 9.17) is 4.74 Å². The van der Waals surface area contributed by atoms with Gasteiger partial charge in [0.25, 0.3) is 0 Å². The Kier molecular flexibility index (Phi) is 4.06. The third-order valence-electron chi connectivity index (χ3n) is 4.15. The molecule has 6 heteroatoms. The van der Waals surface area contributed by atoms with E-state index in [1.807, 2.05) is 13.1 Å². The van der Waals surface area contributed by atoms with E-state index in [-0.39, 0.29) is 11.4 Å². The van der Waals surface area contributed by atoms with Gasteiger partial charge in [0.1, 0.15) is 16.7 Å². The van der Waals surface area contributed by atoms with Crippen LogP contribution < -0.4 is 5.32 Å². The number of hydrogen-bond acceptors (Lipinski definition) is 6. The number of nitrogens with zero attached hydrogens (tertiary/aromatic N) is 2. The molecule has 21 heavy (non-hydrogen) atoms. The summed E-state index contributed by atoms with van der Waals surface area (Å²) in [6.07, 6.45) is 5.13. The van der Waals surface area contributed by atoms with Crippen molar-refractivity contribution in [2.45, 2.75) is 43.0 Å². The number of nitrogens with one attached hydrogen (secondary N) is 1. The molecule has 3 rings (SSSR count). The highest BCUT2D eigenvalue weighted by molar-refractivity contribution is 7.99. The zero-order chi connectivity index (χ0) is 14.9. The molecule has 0 unspecified atom stereocenters. The fourth-order valence-corrected chi connectivity index (χ4v) is 3.52. The van der Waals surface area contributed by atoms with Crippen molar-refractivity contribution < 1.29 is 9.53 Å². The van der Waals surface area contributed by atoms with Crippen LogP contribution in [0, 0.1) is 5.41 Å². The molecule has 0 saturated heterocycles. The number of rotatable bonds is 7. The topological polar surface area (TPSA) is 64.1 Å². The van der Waals surface area contributed by atoms with E-state index in [0.717, 1.165) is 35.3 Å². The number of thioether (sulfide) groups is 1. The molecular formula is C15H21N3O2S. The summed E-state index contributed by atoms with van der Waals surface area (Å²) >= 11 is 1.73. The number of carbonyl (C=O) groups excluding carboxylic acids is 1. The Balaban J connectivity index is 1.64. The van der Waals surface area contributed by atoms with Crippen LogP contribution in [0.2, 0.25) is 0 Å². The number of anilines is 1. The molecule has 2 aliphatic carbocycles. The Hall–Kier alpha value is -1.30. The first-order valence-electron chi connectivity index (χ1n) is 7.40. The van der Waals surface area contributed by atoms with Gasteiger partial charge in [-0.1, -0.05) is 0 Å². The van der Waals surface area contributed by atoms with Gasteiger partial charge in [-0.15, -0.1) is 11.8 Å². The van der Waals surface area contributed by atoms with Gasteiger partial charge in [0, 0.05) is 24.8 Å². The van der Waals surface area contributed by atoms with Gasteiger partial charge in [0.2, 0.25) is 0 Å². The number of aromatic nitrogens is 2. The molecular weight excluding hydrogens is 286 g/mol. The first kappa shape index (κ1) is 14.6. The second-order valence-corrected chi connectivity index (χ2v) is 7.01. The molecule has 5 nitrogen and oxygen atoms in total. The van der Waals surface area contributed by atoms with Crippen molar-refractivity contribution in [3.63, 3.8) is 0 Å². The molecule has 0 bridgehead atoms. The van der Waals surface area contributed by atoms with E-state index in [9.17, 15) is 4.79 Å². The SMILES string of the molecule is CNc1cc(SCC2(CC(=O)OC)CC2)nc(C2CC2)n1. The number of ether oxygens (including phenoxy) is 1. The lowest BCUT2D eigenvalue weighted by atomic mass is 10.1. The van der Waals surface area contributed by atoms with Gasteiger partial charge in [0.05, 0.1) is 13.5 Å². The summed E-state index contributed by atoms with van der Waals surface area (Å²) in [6.45, 7) is 0. The number of hydrogen-bond donors (Lipinski definition) is 1. The Bertz CT molecular complexity index is 542. The number of esters is 1. The maximum atomic E-state index is 11.5. The van der Waals surface area contributed by atoms with Crippen molar-refractivity contribution in [2.75, 3.05) is 25.2 Å². The molecule has 1 heterocycles. The third kappa shape index (κ3) is 3.67. The summed E-state index contributed by atoms with van der Waals surface area (Å²) in [7, 11) is 3.34. The van der Waals surface area contributed by atoms with Crippen molar-refractivity contribution in [2.24, 2.45) is 5.41 Å². The molecule has 0 aliphatic heterocycles. The van der Waals surface area contributed by atoms with Crippen LogP contribution in [0.1, 0.15) is 43.8 Å². The van der Waals surface area contributed by atoms with Crippen LogP contribution in [0.15, 0.2) is 11.1 Å². The zero-order valence-corrected chi connectivity index (χ0v) is 13.3. The molecule has 0 aromatic carbocycles. The second-order valence-electron chi connectivity index (χ2n) is 6.02. The van der Waals surface area contributed by atoms with E-state index in [0.29, 0.717) is 12.3 Å². The maximum absolute atomic E-state index is 11.5. The van der Waals surface area contributed by atoms with Crippen LogP contribution in [-0.4, -0.2) is 35.8 Å². The van der Waals surface area contributed by atoms with E-state index in [1.54, 1.807) is 11.8 Å². The predicted octanol–water partition coefficient (Wildman–Crippen LogP) is 2.83. The van der Waals surface area contributed by atoms with Gasteiger partial charge in [-0.05, 0) is 31.1 Å². The molecule has 2 saturated carbocycles. The zero-order valence-electron chi connectivity index (χ0n) is 12.5. The molecule has 0 radical (unpaired) electrons. The smallest absolute Gasteiger partial charge is 0.306 e. The Morgan fingerprint density at radius 2 is 2.24 bits per heavy atom. The highest BCUT2D eigenvalue weighted by Crippen LogP contribution is 2.52. The van der Waals surface area contributed by atoms with Crippen LogP contribution in [0.25, 0.3) is 0 Å². The largest absolute Gasteiger partial charge is 0.469 e. The summed E-state index contributed by atoms with van der Waals surface area (Å²) in [5, 5.41) is 4.11. The Morgan fingerprint density at radius 1 is 1.48 bits per heavy atom. The maximum Gasteiger partial charge on any atom is 0.306 e. The van der Waals surface area contributed by atoms with Gasteiger partial charge in [-0.2, -0.15) is 0 Å². The molecule has 0 atom stereocenters.